The Morgan fingerprint density at radius 1 is 1.06 bits per heavy atom. The Balaban J connectivity index is 1.87. The topological polar surface area (TPSA) is 240 Å². The van der Waals surface area contributed by atoms with E-state index in [1.807, 2.05) is 32.0 Å². The highest BCUT2D eigenvalue weighted by Crippen LogP contribution is 2.23. The average Bonchev–Trinajstić information content (AvgIpc) is 3.46. The molecule has 0 saturated carbocycles. The number of para-hydroxylation sites is 1. The first-order chi connectivity index (χ1) is 22.8. The van der Waals surface area contributed by atoms with Crippen molar-refractivity contribution in [2.75, 3.05) is 13.1 Å². The van der Waals surface area contributed by atoms with Gasteiger partial charge in [-0.25, -0.2) is 4.98 Å². The number of fused-ring (bicyclic) bond motifs is 1. The molecule has 9 N–H and O–H groups in total. The lowest BCUT2D eigenvalue weighted by molar-refractivity contribution is -0.134. The zero-order valence-corrected chi connectivity index (χ0v) is 28.5. The number of nitrogens with zero attached hydrogens (tertiary/aromatic N) is 2. The molecule has 1 saturated heterocycles. The van der Waals surface area contributed by atoms with Crippen molar-refractivity contribution < 1.29 is 28.8 Å². The van der Waals surface area contributed by atoms with E-state index in [0.717, 1.165) is 4.70 Å². The molecule has 0 spiro atoms. The molecule has 0 radical (unpaired) electrons. The van der Waals surface area contributed by atoms with E-state index in [-0.39, 0.29) is 67.2 Å². The minimum atomic E-state index is -1.06. The molecule has 2 aromatic rings. The van der Waals surface area contributed by atoms with Crippen LogP contribution in [0.15, 0.2) is 29.3 Å². The zero-order chi connectivity index (χ0) is 35.2. The first-order valence-corrected chi connectivity index (χ1v) is 17.1. The molecule has 1 aromatic heterocycles. The smallest absolute Gasteiger partial charge is 0.243 e. The molecule has 5 amide bonds. The maximum Gasteiger partial charge on any atom is 0.243 e. The Bertz CT molecular complexity index is 1460. The summed E-state index contributed by atoms with van der Waals surface area (Å²) in [6.45, 7) is 5.59. The van der Waals surface area contributed by atoms with Gasteiger partial charge in [0.05, 0.1) is 16.3 Å². The van der Waals surface area contributed by atoms with Crippen LogP contribution in [0.25, 0.3) is 10.2 Å². The van der Waals surface area contributed by atoms with E-state index >= 15 is 0 Å². The van der Waals surface area contributed by atoms with Crippen molar-refractivity contribution in [3.63, 3.8) is 0 Å². The fraction of sp³-hybridized carbons (Fsp3) is 0.562. The van der Waals surface area contributed by atoms with E-state index in [9.17, 15) is 28.8 Å². The fourth-order valence-corrected chi connectivity index (χ4v) is 6.23. The number of hydrogen-bond acceptors (Lipinski definition) is 9. The zero-order valence-electron chi connectivity index (χ0n) is 27.7. The number of carbonyl (C=O) groups excluding carboxylic acids is 6. The Labute approximate surface area is 283 Å². The molecular weight excluding hydrogens is 638 g/mol. The number of Topliss-reactive ketones (excluding diaryl/α,β-unsaturated/α-hetero) is 1. The monoisotopic (exact) mass is 685 g/mol. The summed E-state index contributed by atoms with van der Waals surface area (Å²) in [7, 11) is 0. The van der Waals surface area contributed by atoms with Crippen molar-refractivity contribution in [1.29, 1.82) is 0 Å². The van der Waals surface area contributed by atoms with Crippen LogP contribution in [0.3, 0.4) is 0 Å². The van der Waals surface area contributed by atoms with Gasteiger partial charge in [-0.15, -0.1) is 11.3 Å². The number of guanidine groups is 1. The van der Waals surface area contributed by atoms with Gasteiger partial charge in [0.2, 0.25) is 35.3 Å². The third-order valence-electron chi connectivity index (χ3n) is 7.65. The standard InChI is InChI=1S/C32H47N9O6S/c1-18(2)17-24-30(47)39-22(10-6-7-15-35-26(43)14-13-23(29(46)40-24)37-19(3)42)28(45)38-21(11-8-16-36-32(33)34)27(44)31-41-20-9-4-5-12-25(20)48-31/h4-5,9,12,18,21-24H,6-8,10-11,13-17H2,1-3H3,(H,35,43)(H,37,42)(H,38,45)(H,39,47)(H,40,46)(H4,33,34,36)/t21?,22-,23-,24-/m0/s1. The van der Waals surface area contributed by atoms with Crippen molar-refractivity contribution in [3.8, 4) is 0 Å². The normalized spacial score (nSPS) is 20.3. The quantitative estimate of drug-likeness (QED) is 0.0758. The third kappa shape index (κ3) is 12.2. The van der Waals surface area contributed by atoms with Gasteiger partial charge in [0.15, 0.2) is 11.0 Å². The predicted octanol–water partition coefficient (Wildman–Crippen LogP) is 0.618. The molecule has 16 heteroatoms. The summed E-state index contributed by atoms with van der Waals surface area (Å²) in [5.41, 5.74) is 11.6. The van der Waals surface area contributed by atoms with Crippen LogP contribution in [0, 0.1) is 5.92 Å². The Kier molecular flexibility index (Phi) is 14.7. The maximum absolute atomic E-state index is 13.8. The lowest BCUT2D eigenvalue weighted by Gasteiger charge is -2.27. The van der Waals surface area contributed by atoms with Crippen LogP contribution < -0.4 is 38.1 Å². The van der Waals surface area contributed by atoms with Crippen molar-refractivity contribution in [1.82, 2.24) is 31.6 Å². The number of hydrogen-bond donors (Lipinski definition) is 7. The minimum absolute atomic E-state index is 0.00228. The lowest BCUT2D eigenvalue weighted by atomic mass is 10.0. The van der Waals surface area contributed by atoms with Crippen LogP contribution in [0.1, 0.15) is 81.9 Å². The van der Waals surface area contributed by atoms with Gasteiger partial charge in [0.1, 0.15) is 18.1 Å². The number of nitrogens with two attached hydrogens (primary N) is 2. The molecule has 48 heavy (non-hydrogen) atoms. The van der Waals surface area contributed by atoms with Crippen LogP contribution >= 0.6 is 11.3 Å². The van der Waals surface area contributed by atoms with Crippen molar-refractivity contribution >= 4 is 62.8 Å². The van der Waals surface area contributed by atoms with Crippen LogP contribution in [0.2, 0.25) is 0 Å². The number of aliphatic imine (C=N–C) groups is 1. The summed E-state index contributed by atoms with van der Waals surface area (Å²) >= 11 is 1.22. The molecule has 1 unspecified atom stereocenters. The number of benzene rings is 1. The molecule has 2 heterocycles. The minimum Gasteiger partial charge on any atom is -0.370 e. The van der Waals surface area contributed by atoms with E-state index < -0.39 is 47.8 Å². The number of aromatic nitrogens is 1. The van der Waals surface area contributed by atoms with E-state index in [4.69, 9.17) is 11.5 Å². The summed E-state index contributed by atoms with van der Waals surface area (Å²) in [6, 6.07) is 3.23. The molecule has 3 rings (SSSR count). The molecule has 0 bridgehead atoms. The highest BCUT2D eigenvalue weighted by Gasteiger charge is 2.32. The van der Waals surface area contributed by atoms with Crippen LogP contribution in [0.5, 0.6) is 0 Å². The van der Waals surface area contributed by atoms with Gasteiger partial charge in [0.25, 0.3) is 0 Å². The Morgan fingerprint density at radius 2 is 1.81 bits per heavy atom. The number of thiazole rings is 1. The first kappa shape index (κ1) is 37.9. The molecule has 262 valence electrons. The highest BCUT2D eigenvalue weighted by molar-refractivity contribution is 7.20. The second-order valence-corrected chi connectivity index (χ2v) is 13.3. The predicted molar refractivity (Wildman–Crippen MR) is 183 cm³/mol. The van der Waals surface area contributed by atoms with Gasteiger partial charge < -0.3 is 38.1 Å². The third-order valence-corrected chi connectivity index (χ3v) is 8.70. The molecule has 1 fully saturated rings. The molecular formula is C32H47N9O6S. The van der Waals surface area contributed by atoms with Crippen LogP contribution in [-0.2, 0) is 24.0 Å². The van der Waals surface area contributed by atoms with Gasteiger partial charge in [-0.1, -0.05) is 26.0 Å². The van der Waals surface area contributed by atoms with Gasteiger partial charge in [-0.05, 0) is 63.0 Å². The maximum atomic E-state index is 13.8. The van der Waals surface area contributed by atoms with Crippen LogP contribution in [0.4, 0.5) is 0 Å². The second-order valence-electron chi connectivity index (χ2n) is 12.3. The largest absolute Gasteiger partial charge is 0.370 e. The number of rotatable bonds is 11. The average molecular weight is 686 g/mol. The molecule has 15 nitrogen and oxygen atoms in total. The van der Waals surface area contributed by atoms with Crippen molar-refractivity contribution in [3.05, 3.63) is 29.3 Å². The van der Waals surface area contributed by atoms with Crippen LogP contribution in [-0.4, -0.2) is 83.5 Å². The summed E-state index contributed by atoms with van der Waals surface area (Å²) < 4.78 is 0.826. The number of amides is 5. The summed E-state index contributed by atoms with van der Waals surface area (Å²) in [4.78, 5) is 87.2. The van der Waals surface area contributed by atoms with E-state index in [1.54, 1.807) is 6.07 Å². The molecule has 0 aliphatic carbocycles. The number of carbonyl (C=O) groups is 6. The Morgan fingerprint density at radius 3 is 2.50 bits per heavy atom. The van der Waals surface area contributed by atoms with Gasteiger partial charge >= 0.3 is 0 Å². The fourth-order valence-electron chi connectivity index (χ4n) is 5.27. The highest BCUT2D eigenvalue weighted by atomic mass is 32.1. The van der Waals surface area contributed by atoms with E-state index in [2.05, 4.69) is 36.6 Å². The number of nitrogens with one attached hydrogen (secondary N) is 5. The summed E-state index contributed by atoms with van der Waals surface area (Å²) in [5.74, 6) is -2.99. The molecule has 4 atom stereocenters. The van der Waals surface area contributed by atoms with Crippen molar-refractivity contribution in [2.45, 2.75) is 96.3 Å². The second kappa shape index (κ2) is 18.7. The first-order valence-electron chi connectivity index (χ1n) is 16.2. The van der Waals surface area contributed by atoms with E-state index in [1.165, 1.54) is 18.3 Å². The number of ketones is 1. The van der Waals surface area contributed by atoms with Gasteiger partial charge in [-0.2, -0.15) is 0 Å². The van der Waals surface area contributed by atoms with Gasteiger partial charge in [-0.3, -0.25) is 33.8 Å². The SMILES string of the molecule is CC(=O)N[C@H]1CCC(=O)NCCCC[C@@H](C(=O)NC(CCCN=C(N)N)C(=O)c2nc3ccccc3s2)NC(=O)[C@H](CC(C)C)NC1=O. The summed E-state index contributed by atoms with van der Waals surface area (Å²) in [6.07, 6.45) is 2.08. The Hall–Kier alpha value is -4.60. The van der Waals surface area contributed by atoms with E-state index in [0.29, 0.717) is 31.3 Å². The molecule has 1 aliphatic rings. The molecule has 1 aromatic carbocycles. The van der Waals surface area contributed by atoms with Crippen molar-refractivity contribution in [2.24, 2.45) is 22.4 Å². The lowest BCUT2D eigenvalue weighted by Crippen LogP contribution is -2.58. The van der Waals surface area contributed by atoms with Gasteiger partial charge in [0, 0.05) is 26.4 Å². The molecule has 1 aliphatic heterocycles. The summed E-state index contributed by atoms with van der Waals surface area (Å²) in [5, 5.41) is 13.9.